The van der Waals surface area contributed by atoms with Crippen molar-refractivity contribution in [1.82, 2.24) is 9.80 Å². The van der Waals surface area contributed by atoms with E-state index in [2.05, 4.69) is 0 Å². The molecule has 4 rings (SSSR count). The van der Waals surface area contributed by atoms with Crippen LogP contribution in [0.25, 0.3) is 6.08 Å². The van der Waals surface area contributed by atoms with Crippen molar-refractivity contribution in [1.29, 1.82) is 0 Å². The fourth-order valence-corrected chi connectivity index (χ4v) is 4.34. The van der Waals surface area contributed by atoms with Crippen LogP contribution in [0.4, 0.5) is 0 Å². The van der Waals surface area contributed by atoms with Gasteiger partial charge in [0.15, 0.2) is 12.4 Å². The Morgan fingerprint density at radius 3 is 2.77 bits per heavy atom. The number of amides is 2. The highest BCUT2D eigenvalue weighted by atomic mass is 16.4. The van der Waals surface area contributed by atoms with Crippen LogP contribution in [0.5, 0.6) is 0 Å². The molecule has 2 amide bonds. The summed E-state index contributed by atoms with van der Waals surface area (Å²) in [5, 5.41) is 11.7. The Hall–Kier alpha value is -2.96. The SMILES string of the molecule is CC(=O)N1CC2CC(/C=C/c3ccc[n+](C)c3)=C(C(=O)[O-])N3C(=O)C1[C@@H]23. The van der Waals surface area contributed by atoms with Crippen molar-refractivity contribution in [2.24, 2.45) is 13.0 Å². The molecule has 1 aromatic rings. The van der Waals surface area contributed by atoms with Gasteiger partial charge in [0.25, 0.3) is 5.91 Å². The number of pyridine rings is 1. The number of hydrogen-bond acceptors (Lipinski definition) is 4. The van der Waals surface area contributed by atoms with Gasteiger partial charge in [-0.05, 0) is 24.1 Å². The Kier molecular flexibility index (Phi) is 3.68. The van der Waals surface area contributed by atoms with Gasteiger partial charge in [0.2, 0.25) is 5.91 Å². The fourth-order valence-electron chi connectivity index (χ4n) is 4.34. The van der Waals surface area contributed by atoms with E-state index in [1.165, 1.54) is 11.8 Å². The minimum Gasteiger partial charge on any atom is -0.543 e. The van der Waals surface area contributed by atoms with Crippen LogP contribution in [-0.4, -0.2) is 46.2 Å². The van der Waals surface area contributed by atoms with Crippen LogP contribution >= 0.6 is 0 Å². The first-order valence-electron chi connectivity index (χ1n) is 8.56. The molecule has 0 aromatic carbocycles. The van der Waals surface area contributed by atoms with Crippen molar-refractivity contribution in [3.63, 3.8) is 0 Å². The van der Waals surface area contributed by atoms with Gasteiger partial charge in [-0.2, -0.15) is 0 Å². The van der Waals surface area contributed by atoms with Crippen molar-refractivity contribution in [2.75, 3.05) is 6.54 Å². The van der Waals surface area contributed by atoms with Crippen LogP contribution in [0.1, 0.15) is 18.9 Å². The highest BCUT2D eigenvalue weighted by Crippen LogP contribution is 2.47. The third kappa shape index (κ3) is 2.34. The van der Waals surface area contributed by atoms with Crippen LogP contribution in [0.3, 0.4) is 0 Å². The summed E-state index contributed by atoms with van der Waals surface area (Å²) < 4.78 is 1.90. The van der Waals surface area contributed by atoms with Gasteiger partial charge in [0.1, 0.15) is 13.1 Å². The van der Waals surface area contributed by atoms with Gasteiger partial charge in [-0.25, -0.2) is 4.57 Å². The summed E-state index contributed by atoms with van der Waals surface area (Å²) in [6.45, 7) is 1.92. The van der Waals surface area contributed by atoms with Gasteiger partial charge in [-0.1, -0.05) is 6.08 Å². The molecule has 3 aliphatic heterocycles. The molecule has 0 radical (unpaired) electrons. The molecule has 7 heteroatoms. The van der Waals surface area contributed by atoms with Crippen LogP contribution < -0.4 is 9.67 Å². The number of carboxylic acid groups (broad SMARTS) is 1. The standard InChI is InChI=1S/C19H19N3O4/c1-11(23)21-10-14-8-13(6-5-12-4-3-7-20(2)9-12)16(19(25)26)22-15(14)17(21)18(22)24/h3-7,9,14-15,17H,8,10H2,1-2H3/b6-5+/t14?,15-,17?/m1/s1. The zero-order valence-corrected chi connectivity index (χ0v) is 14.6. The summed E-state index contributed by atoms with van der Waals surface area (Å²) >= 11 is 0. The first-order chi connectivity index (χ1) is 12.4. The lowest BCUT2D eigenvalue weighted by molar-refractivity contribution is -0.671. The van der Waals surface area contributed by atoms with Gasteiger partial charge in [-0.15, -0.1) is 0 Å². The molecule has 3 atom stereocenters. The molecule has 1 aromatic heterocycles. The number of nitrogens with zero attached hydrogens (tertiary/aromatic N) is 3. The lowest BCUT2D eigenvalue weighted by atomic mass is 9.79. The number of β-lactam (4-membered cyclic amide) rings is 1. The Labute approximate surface area is 150 Å². The highest BCUT2D eigenvalue weighted by Gasteiger charge is 2.62. The van der Waals surface area contributed by atoms with Crippen molar-refractivity contribution in [3.05, 3.63) is 47.4 Å². The molecule has 0 spiro atoms. The third-order valence-electron chi connectivity index (χ3n) is 5.43. The Morgan fingerprint density at radius 2 is 2.12 bits per heavy atom. The second kappa shape index (κ2) is 5.79. The van der Waals surface area contributed by atoms with Crippen LogP contribution in [-0.2, 0) is 21.4 Å². The lowest BCUT2D eigenvalue weighted by Gasteiger charge is -2.50. The fraction of sp³-hybridized carbons (Fsp3) is 0.368. The van der Waals surface area contributed by atoms with Crippen LogP contribution in [0, 0.1) is 5.92 Å². The number of likely N-dealkylation sites (tertiary alicyclic amines) is 1. The van der Waals surface area contributed by atoms with Crippen molar-refractivity contribution in [3.8, 4) is 0 Å². The normalized spacial score (nSPS) is 27.0. The van der Waals surface area contributed by atoms with Crippen molar-refractivity contribution in [2.45, 2.75) is 25.4 Å². The number of aryl methyl sites for hydroxylation is 1. The lowest BCUT2D eigenvalue weighted by Crippen LogP contribution is -2.69. The molecule has 4 heterocycles. The minimum atomic E-state index is -1.35. The molecule has 0 saturated carbocycles. The Balaban J connectivity index is 1.70. The Morgan fingerprint density at radius 1 is 1.35 bits per heavy atom. The summed E-state index contributed by atoms with van der Waals surface area (Å²) in [6.07, 6.45) is 7.90. The maximum Gasteiger partial charge on any atom is 0.252 e. The molecule has 0 aliphatic carbocycles. The van der Waals surface area contributed by atoms with Gasteiger partial charge in [-0.3, -0.25) is 9.59 Å². The molecular weight excluding hydrogens is 334 g/mol. The second-order valence-corrected chi connectivity index (χ2v) is 7.08. The van der Waals surface area contributed by atoms with Crippen molar-refractivity contribution >= 4 is 23.9 Å². The highest BCUT2D eigenvalue weighted by molar-refractivity contribution is 6.02. The molecule has 3 aliphatic rings. The second-order valence-electron chi connectivity index (χ2n) is 7.08. The molecular formula is C19H19N3O4. The smallest absolute Gasteiger partial charge is 0.252 e. The molecule has 0 N–H and O–H groups in total. The number of carbonyl (C=O) groups is 3. The molecule has 2 fully saturated rings. The number of carboxylic acids is 1. The zero-order chi connectivity index (χ0) is 18.6. The number of allylic oxidation sites excluding steroid dienone is 2. The third-order valence-corrected chi connectivity index (χ3v) is 5.43. The topological polar surface area (TPSA) is 84.6 Å². The zero-order valence-electron chi connectivity index (χ0n) is 14.6. The predicted molar refractivity (Wildman–Crippen MR) is 88.6 cm³/mol. The van der Waals surface area contributed by atoms with Gasteiger partial charge in [0, 0.05) is 31.0 Å². The van der Waals surface area contributed by atoms with E-state index in [9.17, 15) is 19.5 Å². The number of rotatable bonds is 3. The monoisotopic (exact) mass is 353 g/mol. The number of aromatic nitrogens is 1. The largest absolute Gasteiger partial charge is 0.543 e. The van der Waals surface area contributed by atoms with E-state index < -0.39 is 12.0 Å². The summed E-state index contributed by atoms with van der Waals surface area (Å²) in [5.74, 6) is -1.78. The van der Waals surface area contributed by atoms with E-state index in [0.717, 1.165) is 5.56 Å². The molecule has 2 unspecified atom stereocenters. The van der Waals surface area contributed by atoms with E-state index in [4.69, 9.17) is 0 Å². The quantitative estimate of drug-likeness (QED) is 0.515. The molecule has 134 valence electrons. The van der Waals surface area contributed by atoms with Crippen LogP contribution in [0.15, 0.2) is 41.9 Å². The van der Waals surface area contributed by atoms with Crippen molar-refractivity contribution < 1.29 is 24.1 Å². The van der Waals surface area contributed by atoms with E-state index in [-0.39, 0.29) is 29.5 Å². The summed E-state index contributed by atoms with van der Waals surface area (Å²) in [5.41, 5.74) is 1.43. The first kappa shape index (κ1) is 16.5. The average molecular weight is 353 g/mol. The number of hydrogen-bond donors (Lipinski definition) is 0. The molecule has 0 bridgehead atoms. The maximum absolute atomic E-state index is 12.5. The average Bonchev–Trinajstić information content (AvgIpc) is 2.95. The van der Waals surface area contributed by atoms with E-state index in [0.29, 0.717) is 18.5 Å². The predicted octanol–water partition coefficient (Wildman–Crippen LogP) is -1.01. The minimum absolute atomic E-state index is 0.0521. The van der Waals surface area contributed by atoms with Crippen LogP contribution in [0.2, 0.25) is 0 Å². The van der Waals surface area contributed by atoms with E-state index >= 15 is 0 Å². The number of aliphatic carboxylic acids is 1. The maximum atomic E-state index is 12.5. The first-order valence-corrected chi connectivity index (χ1v) is 8.56. The summed E-state index contributed by atoms with van der Waals surface area (Å²) in [6, 6.07) is 3.05. The summed E-state index contributed by atoms with van der Waals surface area (Å²) in [4.78, 5) is 38.9. The molecule has 26 heavy (non-hydrogen) atoms. The number of carbonyl (C=O) groups excluding carboxylic acids is 3. The molecule has 7 nitrogen and oxygen atoms in total. The van der Waals surface area contributed by atoms with Gasteiger partial charge >= 0.3 is 0 Å². The Bertz CT molecular complexity index is 889. The summed E-state index contributed by atoms with van der Waals surface area (Å²) in [7, 11) is 1.90. The molecule has 2 saturated heterocycles. The van der Waals surface area contributed by atoms with Gasteiger partial charge in [0.05, 0.1) is 17.7 Å². The van der Waals surface area contributed by atoms with E-state index in [1.807, 2.05) is 42.2 Å². The van der Waals surface area contributed by atoms with Gasteiger partial charge < -0.3 is 19.7 Å². The van der Waals surface area contributed by atoms with E-state index in [1.54, 1.807) is 11.0 Å².